The second-order valence-corrected chi connectivity index (χ2v) is 6.01. The van der Waals surface area contributed by atoms with Crippen molar-refractivity contribution in [2.24, 2.45) is 10.7 Å². The van der Waals surface area contributed by atoms with Crippen LogP contribution in [0.15, 0.2) is 45.8 Å². The molecule has 0 saturated heterocycles. The lowest BCUT2D eigenvalue weighted by molar-refractivity contribution is 0.0972. The summed E-state index contributed by atoms with van der Waals surface area (Å²) in [4.78, 5) is 18.7. The molecule has 0 unspecified atom stereocenters. The number of primary amides is 1. The van der Waals surface area contributed by atoms with Gasteiger partial charge in [-0.3, -0.25) is 9.79 Å². The third-order valence-corrected chi connectivity index (χ3v) is 4.25. The molecule has 2 aromatic heterocycles. The van der Waals surface area contributed by atoms with Gasteiger partial charge >= 0.3 is 0 Å². The van der Waals surface area contributed by atoms with Crippen molar-refractivity contribution in [1.82, 2.24) is 15.6 Å². The van der Waals surface area contributed by atoms with Crippen LogP contribution in [0.1, 0.15) is 27.6 Å². The minimum absolute atomic E-state index is 0.152. The number of aromatic amines is 1. The summed E-state index contributed by atoms with van der Waals surface area (Å²) in [5.74, 6) is 0.862. The van der Waals surface area contributed by atoms with Gasteiger partial charge < -0.3 is 25.8 Å². The highest BCUT2D eigenvalue weighted by molar-refractivity contribution is 5.89. The Kier molecular flexibility index (Phi) is 5.26. The Bertz CT molecular complexity index is 938. The van der Waals surface area contributed by atoms with E-state index in [1.807, 2.05) is 6.07 Å². The number of guanidine groups is 1. The minimum Gasteiger partial charge on any atom is -0.454 e. The van der Waals surface area contributed by atoms with Gasteiger partial charge in [0.1, 0.15) is 5.76 Å². The molecule has 0 fully saturated rings. The molecule has 2 heterocycles. The first-order chi connectivity index (χ1) is 12.6. The van der Waals surface area contributed by atoms with Crippen molar-refractivity contribution < 1.29 is 9.21 Å². The van der Waals surface area contributed by atoms with E-state index in [1.165, 1.54) is 16.6 Å². The highest BCUT2D eigenvalue weighted by atomic mass is 16.3. The van der Waals surface area contributed by atoms with Crippen LogP contribution >= 0.6 is 0 Å². The van der Waals surface area contributed by atoms with Crippen molar-refractivity contribution in [3.63, 3.8) is 0 Å². The van der Waals surface area contributed by atoms with Gasteiger partial charge in [0.05, 0.1) is 6.54 Å². The third-order valence-electron chi connectivity index (χ3n) is 4.25. The number of amides is 1. The first-order valence-electron chi connectivity index (χ1n) is 8.47. The molecule has 0 spiro atoms. The van der Waals surface area contributed by atoms with Gasteiger partial charge in [0.15, 0.2) is 11.7 Å². The Balaban J connectivity index is 1.54. The summed E-state index contributed by atoms with van der Waals surface area (Å²) in [6.07, 6.45) is 0.878. The zero-order chi connectivity index (χ0) is 18.5. The molecular weight excluding hydrogens is 330 g/mol. The van der Waals surface area contributed by atoms with E-state index in [-0.39, 0.29) is 5.76 Å². The molecule has 0 aliphatic rings. The van der Waals surface area contributed by atoms with Crippen molar-refractivity contribution >= 4 is 22.8 Å². The van der Waals surface area contributed by atoms with Crippen LogP contribution in [0.4, 0.5) is 0 Å². The predicted octanol–water partition coefficient (Wildman–Crippen LogP) is 2.08. The number of carbonyl (C=O) groups excluding carboxylic acids is 1. The summed E-state index contributed by atoms with van der Waals surface area (Å²) in [6, 6.07) is 11.6. The highest BCUT2D eigenvalue weighted by Crippen LogP contribution is 2.21. The van der Waals surface area contributed by atoms with Crippen LogP contribution in [-0.4, -0.2) is 30.4 Å². The van der Waals surface area contributed by atoms with Crippen molar-refractivity contribution in [3.8, 4) is 0 Å². The first-order valence-corrected chi connectivity index (χ1v) is 8.47. The highest BCUT2D eigenvalue weighted by Gasteiger charge is 2.09. The summed E-state index contributed by atoms with van der Waals surface area (Å²) < 4.78 is 5.34. The lowest BCUT2D eigenvalue weighted by Crippen LogP contribution is -2.37. The number of aryl methyl sites for hydroxylation is 1. The quantitative estimate of drug-likeness (QED) is 0.402. The van der Waals surface area contributed by atoms with Gasteiger partial charge in [0, 0.05) is 30.2 Å². The number of rotatable bonds is 6. The Labute approximate surface area is 151 Å². The summed E-state index contributed by atoms with van der Waals surface area (Å²) >= 11 is 0. The lowest BCUT2D eigenvalue weighted by atomic mass is 10.1. The largest absolute Gasteiger partial charge is 0.454 e. The molecule has 1 aromatic carbocycles. The SMILES string of the molecule is CN=C(NCCc1c(C)[nH]c2ccccc12)NCc1ccc(C(N)=O)o1. The molecule has 7 nitrogen and oxygen atoms in total. The van der Waals surface area contributed by atoms with Crippen LogP contribution in [0.5, 0.6) is 0 Å². The molecule has 0 radical (unpaired) electrons. The van der Waals surface area contributed by atoms with Crippen molar-refractivity contribution in [2.45, 2.75) is 19.9 Å². The fourth-order valence-electron chi connectivity index (χ4n) is 2.96. The van der Waals surface area contributed by atoms with Gasteiger partial charge in [0.25, 0.3) is 5.91 Å². The van der Waals surface area contributed by atoms with Gasteiger partial charge in [-0.05, 0) is 37.1 Å². The number of furan rings is 1. The Morgan fingerprint density at radius 1 is 1.23 bits per heavy atom. The minimum atomic E-state index is -0.576. The monoisotopic (exact) mass is 353 g/mol. The van der Waals surface area contributed by atoms with Gasteiger partial charge in [-0.2, -0.15) is 0 Å². The van der Waals surface area contributed by atoms with E-state index in [0.29, 0.717) is 18.3 Å². The second kappa shape index (κ2) is 7.77. The maximum absolute atomic E-state index is 11.1. The molecule has 0 aliphatic carbocycles. The molecule has 26 heavy (non-hydrogen) atoms. The maximum atomic E-state index is 11.1. The molecule has 136 valence electrons. The molecule has 0 bridgehead atoms. The number of hydrogen-bond acceptors (Lipinski definition) is 3. The average Bonchev–Trinajstić information content (AvgIpc) is 3.22. The normalized spacial score (nSPS) is 11.7. The van der Waals surface area contributed by atoms with Crippen LogP contribution in [0.3, 0.4) is 0 Å². The van der Waals surface area contributed by atoms with Crippen LogP contribution in [0, 0.1) is 6.92 Å². The number of carbonyl (C=O) groups is 1. The number of nitrogens with one attached hydrogen (secondary N) is 3. The number of nitrogens with zero attached hydrogens (tertiary/aromatic N) is 1. The maximum Gasteiger partial charge on any atom is 0.284 e. The number of para-hydroxylation sites is 1. The van der Waals surface area contributed by atoms with Gasteiger partial charge in [-0.1, -0.05) is 18.2 Å². The second-order valence-electron chi connectivity index (χ2n) is 6.01. The number of aromatic nitrogens is 1. The first kappa shape index (κ1) is 17.6. The number of aliphatic imine (C=N–C) groups is 1. The van der Waals surface area contributed by atoms with E-state index in [9.17, 15) is 4.79 Å². The van der Waals surface area contributed by atoms with E-state index >= 15 is 0 Å². The lowest BCUT2D eigenvalue weighted by Gasteiger charge is -2.11. The summed E-state index contributed by atoms with van der Waals surface area (Å²) in [5.41, 5.74) is 8.83. The van der Waals surface area contributed by atoms with Crippen molar-refractivity contribution in [2.75, 3.05) is 13.6 Å². The van der Waals surface area contributed by atoms with Crippen LogP contribution in [-0.2, 0) is 13.0 Å². The number of benzene rings is 1. The van der Waals surface area contributed by atoms with Crippen LogP contribution < -0.4 is 16.4 Å². The van der Waals surface area contributed by atoms with Gasteiger partial charge in [0.2, 0.25) is 0 Å². The fourth-order valence-corrected chi connectivity index (χ4v) is 2.96. The molecule has 5 N–H and O–H groups in total. The molecule has 3 aromatic rings. The molecule has 7 heteroatoms. The number of fused-ring (bicyclic) bond motifs is 1. The Morgan fingerprint density at radius 3 is 2.77 bits per heavy atom. The van der Waals surface area contributed by atoms with E-state index in [4.69, 9.17) is 10.2 Å². The Morgan fingerprint density at radius 2 is 2.04 bits per heavy atom. The number of H-pyrrole nitrogens is 1. The summed E-state index contributed by atoms with van der Waals surface area (Å²) in [7, 11) is 1.71. The average molecular weight is 353 g/mol. The fraction of sp³-hybridized carbons (Fsp3) is 0.263. The van der Waals surface area contributed by atoms with Gasteiger partial charge in [-0.25, -0.2) is 0 Å². The molecule has 1 amide bonds. The molecule has 0 aliphatic heterocycles. The number of hydrogen-bond donors (Lipinski definition) is 4. The predicted molar refractivity (Wildman–Crippen MR) is 102 cm³/mol. The summed E-state index contributed by atoms with van der Waals surface area (Å²) in [6.45, 7) is 3.25. The smallest absolute Gasteiger partial charge is 0.284 e. The number of nitrogens with two attached hydrogens (primary N) is 1. The topological polar surface area (TPSA) is 108 Å². The van der Waals surface area contributed by atoms with E-state index in [1.54, 1.807) is 19.2 Å². The zero-order valence-electron chi connectivity index (χ0n) is 14.9. The van der Waals surface area contributed by atoms with E-state index in [2.05, 4.69) is 45.7 Å². The van der Waals surface area contributed by atoms with E-state index < -0.39 is 5.91 Å². The van der Waals surface area contributed by atoms with Crippen LogP contribution in [0.25, 0.3) is 10.9 Å². The molecular formula is C19H23N5O2. The standard InChI is InChI=1S/C19H23N5O2/c1-12-14(15-5-3-4-6-16(15)24-12)9-10-22-19(21-2)23-11-13-7-8-17(26-13)18(20)25/h3-8,24H,9-11H2,1-2H3,(H2,20,25)(H2,21,22,23). The van der Waals surface area contributed by atoms with Crippen molar-refractivity contribution in [3.05, 3.63) is 59.2 Å². The zero-order valence-corrected chi connectivity index (χ0v) is 14.9. The van der Waals surface area contributed by atoms with Gasteiger partial charge in [-0.15, -0.1) is 0 Å². The van der Waals surface area contributed by atoms with E-state index in [0.717, 1.165) is 18.5 Å². The Hall–Kier alpha value is -3.22. The van der Waals surface area contributed by atoms with Crippen LogP contribution in [0.2, 0.25) is 0 Å². The van der Waals surface area contributed by atoms with Crippen molar-refractivity contribution in [1.29, 1.82) is 0 Å². The molecule has 3 rings (SSSR count). The third kappa shape index (κ3) is 3.88. The molecule has 0 saturated carbocycles. The summed E-state index contributed by atoms with van der Waals surface area (Å²) in [5, 5.41) is 7.70. The molecule has 0 atom stereocenters.